The Morgan fingerprint density at radius 3 is 2.48 bits per heavy atom. The first-order valence-corrected chi connectivity index (χ1v) is 7.17. The van der Waals surface area contributed by atoms with Gasteiger partial charge in [-0.2, -0.15) is 0 Å². The maximum atomic E-state index is 11.9. The average molecular weight is 304 g/mol. The molecular formula is C17H18ClNO2. The number of hydrogen-bond donors (Lipinski definition) is 1. The Hall–Kier alpha value is -1.84. The first-order chi connectivity index (χ1) is 10.2. The Morgan fingerprint density at radius 2 is 1.81 bits per heavy atom. The Kier molecular flexibility index (Phi) is 5.78. The Labute approximate surface area is 129 Å². The summed E-state index contributed by atoms with van der Waals surface area (Å²) in [5.41, 5.74) is 2.04. The van der Waals surface area contributed by atoms with Gasteiger partial charge in [-0.05, 0) is 23.6 Å². The van der Waals surface area contributed by atoms with Crippen LogP contribution in [0, 0.1) is 0 Å². The fourth-order valence-electron chi connectivity index (χ4n) is 2.11. The van der Waals surface area contributed by atoms with Crippen molar-refractivity contribution >= 4 is 17.6 Å². The minimum absolute atomic E-state index is 0.272. The molecule has 3 nitrogen and oxygen atoms in total. The predicted molar refractivity (Wildman–Crippen MR) is 84.2 cm³/mol. The van der Waals surface area contributed by atoms with Crippen LogP contribution in [0.3, 0.4) is 0 Å². The molecule has 0 saturated carbocycles. The summed E-state index contributed by atoms with van der Waals surface area (Å²) in [7, 11) is 1.40. The lowest BCUT2D eigenvalue weighted by Crippen LogP contribution is -2.39. The van der Waals surface area contributed by atoms with Crippen LogP contribution in [0.5, 0.6) is 0 Å². The molecule has 0 fully saturated rings. The van der Waals surface area contributed by atoms with E-state index in [0.29, 0.717) is 18.0 Å². The van der Waals surface area contributed by atoms with Crippen LogP contribution in [0.25, 0.3) is 0 Å². The van der Waals surface area contributed by atoms with E-state index in [1.54, 1.807) is 0 Å². The third-order valence-corrected chi connectivity index (χ3v) is 3.63. The number of ether oxygens (including phenoxy) is 1. The fourth-order valence-corrected chi connectivity index (χ4v) is 2.31. The number of halogens is 1. The highest BCUT2D eigenvalue weighted by Crippen LogP contribution is 2.15. The third kappa shape index (κ3) is 4.59. The predicted octanol–water partition coefficient (Wildman–Crippen LogP) is 3.21. The van der Waals surface area contributed by atoms with Crippen molar-refractivity contribution in [3.63, 3.8) is 0 Å². The van der Waals surface area contributed by atoms with Gasteiger partial charge in [-0.1, -0.05) is 60.1 Å². The van der Waals surface area contributed by atoms with Gasteiger partial charge in [0, 0.05) is 11.6 Å². The van der Waals surface area contributed by atoms with E-state index in [9.17, 15) is 4.79 Å². The molecule has 0 radical (unpaired) electrons. The topological polar surface area (TPSA) is 38.3 Å². The molecule has 0 saturated heterocycles. The molecule has 0 amide bonds. The number of benzene rings is 2. The highest BCUT2D eigenvalue weighted by atomic mass is 35.5. The number of esters is 1. The van der Waals surface area contributed by atoms with Crippen molar-refractivity contribution in [2.75, 3.05) is 7.11 Å². The van der Waals surface area contributed by atoms with Crippen LogP contribution in [0.1, 0.15) is 11.1 Å². The fraction of sp³-hybridized carbons (Fsp3) is 0.235. The zero-order chi connectivity index (χ0) is 15.1. The van der Waals surface area contributed by atoms with E-state index in [0.717, 1.165) is 11.1 Å². The molecule has 2 aromatic rings. The smallest absolute Gasteiger partial charge is 0.323 e. The number of hydrogen-bond acceptors (Lipinski definition) is 3. The first-order valence-electron chi connectivity index (χ1n) is 6.79. The first kappa shape index (κ1) is 15.5. The average Bonchev–Trinajstić information content (AvgIpc) is 2.53. The molecule has 1 atom stereocenters. The van der Waals surface area contributed by atoms with Gasteiger partial charge in [0.15, 0.2) is 0 Å². The molecule has 0 aliphatic carbocycles. The second kappa shape index (κ2) is 7.81. The monoisotopic (exact) mass is 303 g/mol. The molecule has 0 heterocycles. The van der Waals surface area contributed by atoms with Gasteiger partial charge in [0.2, 0.25) is 0 Å². The highest BCUT2D eigenvalue weighted by molar-refractivity contribution is 6.31. The van der Waals surface area contributed by atoms with Crippen LogP contribution in [0.15, 0.2) is 54.6 Å². The summed E-state index contributed by atoms with van der Waals surface area (Å²) < 4.78 is 4.87. The lowest BCUT2D eigenvalue weighted by Gasteiger charge is -2.17. The van der Waals surface area contributed by atoms with Crippen LogP contribution >= 0.6 is 11.6 Å². The van der Waals surface area contributed by atoms with Crippen molar-refractivity contribution in [1.82, 2.24) is 5.32 Å². The standard InChI is InChI=1S/C17H18ClNO2/c1-21-17(20)16(11-13-7-3-2-4-8-13)19-12-14-9-5-6-10-15(14)18/h2-10,16,19H,11-12H2,1H3/t16-/m0/s1. The van der Waals surface area contributed by atoms with E-state index >= 15 is 0 Å². The van der Waals surface area contributed by atoms with Gasteiger partial charge in [0.05, 0.1) is 7.11 Å². The number of rotatable bonds is 6. The second-order valence-electron chi connectivity index (χ2n) is 4.74. The molecule has 0 spiro atoms. The van der Waals surface area contributed by atoms with E-state index in [2.05, 4.69) is 5.32 Å². The van der Waals surface area contributed by atoms with E-state index < -0.39 is 6.04 Å². The zero-order valence-electron chi connectivity index (χ0n) is 11.9. The quantitative estimate of drug-likeness (QED) is 0.833. The molecule has 1 N–H and O–H groups in total. The summed E-state index contributed by atoms with van der Waals surface area (Å²) >= 11 is 6.13. The SMILES string of the molecule is COC(=O)[C@H](Cc1ccccc1)NCc1ccccc1Cl. The summed E-state index contributed by atoms with van der Waals surface area (Å²) in [5.74, 6) is -0.272. The van der Waals surface area contributed by atoms with Gasteiger partial charge in [-0.3, -0.25) is 10.1 Å². The van der Waals surface area contributed by atoms with Gasteiger partial charge in [-0.25, -0.2) is 0 Å². The summed E-state index contributed by atoms with van der Waals surface area (Å²) in [5, 5.41) is 3.91. The van der Waals surface area contributed by atoms with Gasteiger partial charge < -0.3 is 4.74 Å². The molecule has 21 heavy (non-hydrogen) atoms. The maximum absolute atomic E-state index is 11.9. The van der Waals surface area contributed by atoms with Crippen molar-refractivity contribution in [2.24, 2.45) is 0 Å². The van der Waals surface area contributed by atoms with Crippen molar-refractivity contribution in [1.29, 1.82) is 0 Å². The van der Waals surface area contributed by atoms with Gasteiger partial charge in [0.1, 0.15) is 6.04 Å². The minimum Gasteiger partial charge on any atom is -0.468 e. The van der Waals surface area contributed by atoms with Crippen LogP contribution in [-0.2, 0) is 22.5 Å². The molecule has 0 bridgehead atoms. The molecular weight excluding hydrogens is 286 g/mol. The van der Waals surface area contributed by atoms with E-state index in [1.165, 1.54) is 7.11 Å². The van der Waals surface area contributed by atoms with Crippen LogP contribution in [0.4, 0.5) is 0 Å². The largest absolute Gasteiger partial charge is 0.468 e. The normalized spacial score (nSPS) is 11.9. The molecule has 0 aliphatic heterocycles. The number of methoxy groups -OCH3 is 1. The van der Waals surface area contributed by atoms with Crippen LogP contribution in [0.2, 0.25) is 5.02 Å². The molecule has 110 valence electrons. The lowest BCUT2D eigenvalue weighted by molar-refractivity contribution is -0.143. The van der Waals surface area contributed by atoms with Crippen LogP contribution < -0.4 is 5.32 Å². The molecule has 2 aromatic carbocycles. The summed E-state index contributed by atoms with van der Waals surface area (Å²) in [6.07, 6.45) is 0.581. The second-order valence-corrected chi connectivity index (χ2v) is 5.14. The van der Waals surface area contributed by atoms with Gasteiger partial charge in [0.25, 0.3) is 0 Å². The molecule has 0 aliphatic rings. The summed E-state index contributed by atoms with van der Waals surface area (Å²) in [4.78, 5) is 11.9. The molecule has 0 aromatic heterocycles. The molecule has 0 unspecified atom stereocenters. The third-order valence-electron chi connectivity index (χ3n) is 3.27. The van der Waals surface area contributed by atoms with Crippen molar-refractivity contribution in [3.05, 3.63) is 70.7 Å². The highest BCUT2D eigenvalue weighted by Gasteiger charge is 2.19. The van der Waals surface area contributed by atoms with Crippen molar-refractivity contribution < 1.29 is 9.53 Å². The van der Waals surface area contributed by atoms with E-state index in [-0.39, 0.29) is 5.97 Å². The Balaban J connectivity index is 2.03. The number of nitrogens with one attached hydrogen (secondary N) is 1. The summed E-state index contributed by atoms with van der Waals surface area (Å²) in [6.45, 7) is 0.520. The van der Waals surface area contributed by atoms with Gasteiger partial charge in [-0.15, -0.1) is 0 Å². The van der Waals surface area contributed by atoms with Crippen molar-refractivity contribution in [3.8, 4) is 0 Å². The maximum Gasteiger partial charge on any atom is 0.323 e. The van der Waals surface area contributed by atoms with E-state index in [4.69, 9.17) is 16.3 Å². The molecule has 2 rings (SSSR count). The van der Waals surface area contributed by atoms with E-state index in [1.807, 2.05) is 54.6 Å². The minimum atomic E-state index is -0.395. The van der Waals surface area contributed by atoms with Gasteiger partial charge >= 0.3 is 5.97 Å². The van der Waals surface area contributed by atoms with Crippen LogP contribution in [-0.4, -0.2) is 19.1 Å². The Bertz CT molecular complexity index is 586. The summed E-state index contributed by atoms with van der Waals surface area (Å²) in [6, 6.07) is 17.0. The Morgan fingerprint density at radius 1 is 1.14 bits per heavy atom. The number of carbonyl (C=O) groups excluding carboxylic acids is 1. The van der Waals surface area contributed by atoms with Crippen molar-refractivity contribution in [2.45, 2.75) is 19.0 Å². The number of carbonyl (C=O) groups is 1. The lowest BCUT2D eigenvalue weighted by atomic mass is 10.1. The zero-order valence-corrected chi connectivity index (χ0v) is 12.6. The molecule has 4 heteroatoms.